The monoisotopic (exact) mass is 614 g/mol. The maximum absolute atomic E-state index is 13.4. The first-order valence-electron chi connectivity index (χ1n) is 16.4. The number of fused-ring (bicyclic) bond motifs is 7. The van der Waals surface area contributed by atoms with Gasteiger partial charge in [-0.15, -0.1) is 0 Å². The van der Waals surface area contributed by atoms with E-state index in [1.807, 2.05) is 36.4 Å². The minimum absolute atomic E-state index is 0.143. The van der Waals surface area contributed by atoms with Gasteiger partial charge in [-0.05, 0) is 102 Å². The second-order valence-electron chi connectivity index (χ2n) is 12.6. The van der Waals surface area contributed by atoms with E-state index in [9.17, 15) is 9.90 Å². The van der Waals surface area contributed by atoms with E-state index in [1.165, 1.54) is 18.4 Å². The summed E-state index contributed by atoms with van der Waals surface area (Å²) in [6.07, 6.45) is 15.2. The quantitative estimate of drug-likeness (QED) is 0.134. The smallest absolute Gasteiger partial charge is 0.161 e. The number of aromatic hydroxyl groups is 1. The minimum atomic E-state index is -0.753. The summed E-state index contributed by atoms with van der Waals surface area (Å²) >= 11 is 0. The fraction of sp³-hybridized carbons (Fsp3) is 0.341. The molecule has 4 aromatic carbocycles. The van der Waals surface area contributed by atoms with Crippen LogP contribution in [0.3, 0.4) is 0 Å². The van der Waals surface area contributed by atoms with E-state index in [1.54, 1.807) is 13.2 Å². The number of unbranched alkanes of at least 4 members (excludes halogenated alkanes) is 1. The number of benzene rings is 4. The number of ether oxygens (including phenoxy) is 3. The van der Waals surface area contributed by atoms with Gasteiger partial charge in [-0.1, -0.05) is 73.0 Å². The number of carbonyl (C=O) groups excluding carboxylic acids is 1. The van der Waals surface area contributed by atoms with Gasteiger partial charge in [-0.25, -0.2) is 0 Å². The first-order chi connectivity index (χ1) is 22.5. The Balaban J connectivity index is 1.22. The molecule has 0 saturated carbocycles. The van der Waals surface area contributed by atoms with Crippen LogP contribution in [0.1, 0.15) is 67.2 Å². The van der Waals surface area contributed by atoms with Crippen molar-refractivity contribution in [2.75, 3.05) is 7.11 Å². The number of phenols is 1. The van der Waals surface area contributed by atoms with Crippen molar-refractivity contribution in [2.45, 2.75) is 76.4 Å². The zero-order valence-corrected chi connectivity index (χ0v) is 26.6. The summed E-state index contributed by atoms with van der Waals surface area (Å²) in [6, 6.07) is 26.2. The van der Waals surface area contributed by atoms with Gasteiger partial charge < -0.3 is 19.3 Å². The number of carbonyl (C=O) groups is 1. The van der Waals surface area contributed by atoms with E-state index in [2.05, 4.69) is 60.6 Å². The van der Waals surface area contributed by atoms with Crippen molar-refractivity contribution in [1.82, 2.24) is 0 Å². The fourth-order valence-electron chi connectivity index (χ4n) is 6.64. The lowest BCUT2D eigenvalue weighted by Crippen LogP contribution is -2.35. The molecule has 236 valence electrons. The molecule has 0 amide bonds. The Morgan fingerprint density at radius 1 is 0.978 bits per heavy atom. The molecule has 7 rings (SSSR count). The van der Waals surface area contributed by atoms with E-state index >= 15 is 0 Å². The summed E-state index contributed by atoms with van der Waals surface area (Å²) in [4.78, 5) is 13.4. The van der Waals surface area contributed by atoms with Crippen LogP contribution in [-0.2, 0) is 35.4 Å². The zero-order valence-electron chi connectivity index (χ0n) is 26.6. The van der Waals surface area contributed by atoms with Crippen molar-refractivity contribution in [3.8, 4) is 29.3 Å². The normalized spacial score (nSPS) is 19.8. The zero-order chi connectivity index (χ0) is 31.8. The second-order valence-corrected chi connectivity index (χ2v) is 12.6. The molecule has 5 nitrogen and oxygen atoms in total. The van der Waals surface area contributed by atoms with Gasteiger partial charge in [0.05, 0.1) is 13.5 Å². The molecule has 1 spiro atoms. The third-order valence-electron chi connectivity index (χ3n) is 9.32. The van der Waals surface area contributed by atoms with Gasteiger partial charge in [-0.3, -0.25) is 4.79 Å². The second kappa shape index (κ2) is 14.6. The summed E-state index contributed by atoms with van der Waals surface area (Å²) in [5.41, 5.74) is 3.41. The van der Waals surface area contributed by atoms with Gasteiger partial charge in [0.2, 0.25) is 0 Å². The maximum Gasteiger partial charge on any atom is 0.161 e. The Morgan fingerprint density at radius 3 is 2.67 bits per heavy atom. The van der Waals surface area contributed by atoms with Gasteiger partial charge >= 0.3 is 0 Å². The lowest BCUT2D eigenvalue weighted by Gasteiger charge is -2.33. The lowest BCUT2D eigenvalue weighted by molar-refractivity contribution is -0.122. The Bertz CT molecular complexity index is 1760. The fourth-order valence-corrected chi connectivity index (χ4v) is 6.64. The van der Waals surface area contributed by atoms with E-state index < -0.39 is 5.60 Å². The number of phenolic OH excluding ortho intramolecular Hbond substituents is 1. The summed E-state index contributed by atoms with van der Waals surface area (Å²) < 4.78 is 18.1. The first-order valence-corrected chi connectivity index (χ1v) is 16.4. The van der Waals surface area contributed by atoms with E-state index in [0.29, 0.717) is 43.3 Å². The van der Waals surface area contributed by atoms with Crippen molar-refractivity contribution in [1.29, 1.82) is 0 Å². The predicted molar refractivity (Wildman–Crippen MR) is 182 cm³/mol. The number of hydrogen-bond acceptors (Lipinski definition) is 5. The SMILES string of the molecule is COc1ccc2cc1OCc1ccc3c(c(O)ccc3c1)CC#CO[C@@]1(C=C[C@H](CCCCc3ccccc3)CC1)CC(=O)CC2. The van der Waals surface area contributed by atoms with Gasteiger partial charge in [0.25, 0.3) is 0 Å². The van der Waals surface area contributed by atoms with Gasteiger partial charge in [0.15, 0.2) is 11.5 Å². The van der Waals surface area contributed by atoms with Crippen molar-refractivity contribution < 1.29 is 24.1 Å². The van der Waals surface area contributed by atoms with Crippen LogP contribution in [0.5, 0.6) is 17.2 Å². The average Bonchev–Trinajstić information content (AvgIpc) is 3.08. The molecule has 46 heavy (non-hydrogen) atoms. The highest BCUT2D eigenvalue weighted by Gasteiger charge is 2.35. The number of Topliss-reactive ketones (excluding diaryl/α,β-unsaturated/α-hetero) is 1. The minimum Gasteiger partial charge on any atom is -0.508 e. The highest BCUT2D eigenvalue weighted by atomic mass is 16.5. The molecule has 0 fully saturated rings. The average molecular weight is 615 g/mol. The van der Waals surface area contributed by atoms with Crippen LogP contribution >= 0.6 is 0 Å². The predicted octanol–water partition coefficient (Wildman–Crippen LogP) is 8.68. The van der Waals surface area contributed by atoms with Gasteiger partial charge in [0, 0.05) is 18.4 Å². The maximum atomic E-state index is 13.4. The molecule has 3 aliphatic rings. The highest BCUT2D eigenvalue weighted by molar-refractivity contribution is 5.88. The summed E-state index contributed by atoms with van der Waals surface area (Å²) in [5.74, 6) is 5.26. The molecule has 6 bridgehead atoms. The summed E-state index contributed by atoms with van der Waals surface area (Å²) in [6.45, 7) is 0.363. The van der Waals surface area contributed by atoms with Crippen LogP contribution in [0.15, 0.2) is 91.0 Å². The van der Waals surface area contributed by atoms with Crippen molar-refractivity contribution >= 4 is 16.6 Å². The number of hydrogen-bond donors (Lipinski definition) is 1. The van der Waals surface area contributed by atoms with Crippen molar-refractivity contribution in [3.63, 3.8) is 0 Å². The Hall–Kier alpha value is -4.69. The molecule has 2 atom stereocenters. The van der Waals surface area contributed by atoms with Gasteiger partial charge in [-0.2, -0.15) is 0 Å². The van der Waals surface area contributed by atoms with Gasteiger partial charge in [0.1, 0.15) is 29.8 Å². The molecule has 1 aliphatic carbocycles. The molecule has 1 N–H and O–H groups in total. The van der Waals surface area contributed by atoms with E-state index in [0.717, 1.165) is 53.1 Å². The molecule has 0 saturated heterocycles. The van der Waals surface area contributed by atoms with Crippen LogP contribution in [-0.4, -0.2) is 23.6 Å². The Morgan fingerprint density at radius 2 is 1.85 bits per heavy atom. The largest absolute Gasteiger partial charge is 0.508 e. The number of aryl methyl sites for hydroxylation is 2. The number of allylic oxidation sites excluding steroid dienone is 1. The van der Waals surface area contributed by atoms with E-state index in [-0.39, 0.29) is 18.0 Å². The summed E-state index contributed by atoms with van der Waals surface area (Å²) in [7, 11) is 1.63. The van der Waals surface area contributed by atoms with Crippen LogP contribution in [0, 0.1) is 17.9 Å². The van der Waals surface area contributed by atoms with Crippen LogP contribution < -0.4 is 9.47 Å². The third kappa shape index (κ3) is 7.74. The van der Waals surface area contributed by atoms with Crippen molar-refractivity contribution in [2.24, 2.45) is 5.92 Å². The molecule has 4 aromatic rings. The molecular weight excluding hydrogens is 572 g/mol. The lowest BCUT2D eigenvalue weighted by atomic mass is 9.79. The highest BCUT2D eigenvalue weighted by Crippen LogP contribution is 2.36. The molecule has 0 radical (unpaired) electrons. The molecule has 0 unspecified atom stereocenters. The number of ketones is 1. The van der Waals surface area contributed by atoms with Crippen molar-refractivity contribution in [3.05, 3.63) is 113 Å². The number of methoxy groups -OCH3 is 1. The van der Waals surface area contributed by atoms with Crippen LogP contribution in [0.2, 0.25) is 0 Å². The van der Waals surface area contributed by atoms with Crippen LogP contribution in [0.4, 0.5) is 0 Å². The third-order valence-corrected chi connectivity index (χ3v) is 9.32. The molecule has 5 heteroatoms. The standard InChI is InChI=1S/C41H42O5/c1-44-39-20-15-32-13-17-35(42)28-41(23-21-31(22-24-41)11-6-5-10-30-8-3-2-4-9-30)46-25-7-12-37-36-18-14-33(29-45-40(39)27-32)26-34(36)16-19-38(37)43/h2-4,8-9,14-16,18-21,23,26-27,31,43H,5-6,10-13,17,22,24,28-29H2,1H3/t31-,41+/m0/s1. The Labute approximate surface area is 272 Å². The van der Waals surface area contributed by atoms with Crippen LogP contribution in [0.25, 0.3) is 10.8 Å². The van der Waals surface area contributed by atoms with E-state index in [4.69, 9.17) is 14.2 Å². The topological polar surface area (TPSA) is 65.0 Å². The Kier molecular flexibility index (Phi) is 9.94. The molecular formula is C41H42O5. The number of rotatable bonds is 6. The molecule has 2 heterocycles. The summed E-state index contributed by atoms with van der Waals surface area (Å²) in [5, 5.41) is 12.7. The first kappa shape index (κ1) is 31.3. The molecule has 2 aliphatic heterocycles. The molecule has 0 aromatic heterocycles.